The SMILES string of the molecule is CCCNCC1(CN2CCCSCC2)CCOC1. The third kappa shape index (κ3) is 4.41. The second-order valence-corrected chi connectivity index (χ2v) is 6.95. The van der Waals surface area contributed by atoms with Crippen molar-refractivity contribution in [2.45, 2.75) is 26.2 Å². The van der Waals surface area contributed by atoms with Crippen molar-refractivity contribution < 1.29 is 4.74 Å². The van der Waals surface area contributed by atoms with Crippen molar-refractivity contribution in [3.05, 3.63) is 0 Å². The van der Waals surface area contributed by atoms with Gasteiger partial charge in [-0.1, -0.05) is 6.92 Å². The minimum absolute atomic E-state index is 0.379. The summed E-state index contributed by atoms with van der Waals surface area (Å²) >= 11 is 2.11. The minimum atomic E-state index is 0.379. The van der Waals surface area contributed by atoms with E-state index in [1.807, 2.05) is 0 Å². The Morgan fingerprint density at radius 2 is 2.28 bits per heavy atom. The molecule has 1 N–H and O–H groups in total. The quantitative estimate of drug-likeness (QED) is 0.746. The Labute approximate surface area is 116 Å². The van der Waals surface area contributed by atoms with E-state index in [1.165, 1.54) is 50.4 Å². The molecule has 2 saturated heterocycles. The molecule has 1 atom stereocenters. The van der Waals surface area contributed by atoms with Crippen LogP contribution in [-0.2, 0) is 4.74 Å². The van der Waals surface area contributed by atoms with Crippen LogP contribution in [0.2, 0.25) is 0 Å². The molecule has 18 heavy (non-hydrogen) atoms. The lowest BCUT2D eigenvalue weighted by atomic mass is 9.86. The molecule has 0 aromatic carbocycles. The molecule has 0 amide bonds. The van der Waals surface area contributed by atoms with Gasteiger partial charge in [-0.3, -0.25) is 0 Å². The third-order valence-electron chi connectivity index (χ3n) is 3.99. The van der Waals surface area contributed by atoms with Crippen LogP contribution in [-0.4, -0.2) is 62.3 Å². The Morgan fingerprint density at radius 3 is 3.06 bits per heavy atom. The van der Waals surface area contributed by atoms with E-state index >= 15 is 0 Å². The van der Waals surface area contributed by atoms with Gasteiger partial charge >= 0.3 is 0 Å². The molecule has 3 nitrogen and oxygen atoms in total. The van der Waals surface area contributed by atoms with E-state index in [9.17, 15) is 0 Å². The normalized spacial score (nSPS) is 30.5. The summed E-state index contributed by atoms with van der Waals surface area (Å²) in [6, 6.07) is 0. The van der Waals surface area contributed by atoms with Crippen LogP contribution in [0.4, 0.5) is 0 Å². The van der Waals surface area contributed by atoms with Crippen molar-refractivity contribution in [3.8, 4) is 0 Å². The highest BCUT2D eigenvalue weighted by Gasteiger charge is 2.36. The molecule has 2 rings (SSSR count). The Bertz CT molecular complexity index is 224. The average Bonchev–Trinajstić information content (AvgIpc) is 2.67. The molecule has 2 aliphatic rings. The van der Waals surface area contributed by atoms with Crippen molar-refractivity contribution in [3.63, 3.8) is 0 Å². The lowest BCUT2D eigenvalue weighted by molar-refractivity contribution is 0.112. The van der Waals surface area contributed by atoms with Crippen LogP contribution < -0.4 is 5.32 Å². The summed E-state index contributed by atoms with van der Waals surface area (Å²) < 4.78 is 5.69. The second kappa shape index (κ2) is 7.73. The van der Waals surface area contributed by atoms with Crippen molar-refractivity contribution in [1.82, 2.24) is 10.2 Å². The number of hydrogen-bond donors (Lipinski definition) is 1. The molecule has 1 unspecified atom stereocenters. The number of thioether (sulfide) groups is 1. The lowest BCUT2D eigenvalue weighted by Gasteiger charge is -2.34. The fourth-order valence-electron chi connectivity index (χ4n) is 2.93. The van der Waals surface area contributed by atoms with Crippen LogP contribution in [0.25, 0.3) is 0 Å². The maximum Gasteiger partial charge on any atom is 0.0547 e. The number of nitrogens with one attached hydrogen (secondary N) is 1. The molecule has 4 heteroatoms. The molecule has 0 bridgehead atoms. The molecule has 2 aliphatic heterocycles. The zero-order valence-corrected chi connectivity index (χ0v) is 12.6. The van der Waals surface area contributed by atoms with Crippen molar-refractivity contribution in [1.29, 1.82) is 0 Å². The highest BCUT2D eigenvalue weighted by molar-refractivity contribution is 7.99. The molecule has 0 spiro atoms. The van der Waals surface area contributed by atoms with Gasteiger partial charge in [-0.05, 0) is 38.1 Å². The van der Waals surface area contributed by atoms with Crippen LogP contribution in [0.5, 0.6) is 0 Å². The summed E-state index contributed by atoms with van der Waals surface area (Å²) in [5, 5.41) is 3.61. The predicted molar refractivity (Wildman–Crippen MR) is 79.4 cm³/mol. The van der Waals surface area contributed by atoms with Gasteiger partial charge in [0.15, 0.2) is 0 Å². The van der Waals surface area contributed by atoms with Crippen molar-refractivity contribution in [2.24, 2.45) is 5.41 Å². The molecule has 0 aliphatic carbocycles. The third-order valence-corrected chi connectivity index (χ3v) is 5.03. The highest BCUT2D eigenvalue weighted by Crippen LogP contribution is 2.29. The fraction of sp³-hybridized carbons (Fsp3) is 1.00. The van der Waals surface area contributed by atoms with Gasteiger partial charge in [-0.2, -0.15) is 11.8 Å². The van der Waals surface area contributed by atoms with Gasteiger partial charge in [0.05, 0.1) is 6.61 Å². The molecular weight excluding hydrogens is 244 g/mol. The molecule has 0 radical (unpaired) electrons. The largest absolute Gasteiger partial charge is 0.381 e. The van der Waals surface area contributed by atoms with Crippen LogP contribution in [0.1, 0.15) is 26.2 Å². The Morgan fingerprint density at radius 1 is 1.33 bits per heavy atom. The number of rotatable bonds is 6. The number of ether oxygens (including phenoxy) is 1. The summed E-state index contributed by atoms with van der Waals surface area (Å²) in [7, 11) is 0. The summed E-state index contributed by atoms with van der Waals surface area (Å²) in [5.74, 6) is 2.65. The van der Waals surface area contributed by atoms with E-state index in [2.05, 4.69) is 28.9 Å². The topological polar surface area (TPSA) is 24.5 Å². The summed E-state index contributed by atoms with van der Waals surface area (Å²) in [4.78, 5) is 2.67. The van der Waals surface area contributed by atoms with Gasteiger partial charge in [-0.25, -0.2) is 0 Å². The van der Waals surface area contributed by atoms with E-state index in [4.69, 9.17) is 4.74 Å². The van der Waals surface area contributed by atoms with Crippen LogP contribution in [0.15, 0.2) is 0 Å². The second-order valence-electron chi connectivity index (χ2n) is 5.72. The van der Waals surface area contributed by atoms with E-state index in [-0.39, 0.29) is 0 Å². The smallest absolute Gasteiger partial charge is 0.0547 e. The lowest BCUT2D eigenvalue weighted by Crippen LogP contribution is -2.45. The first kappa shape index (κ1) is 14.6. The standard InChI is InChI=1S/C14H28N2OS/c1-2-5-15-11-14(4-8-17-13-14)12-16-6-3-9-18-10-7-16/h15H,2-13H2,1H3. The van der Waals surface area contributed by atoms with Gasteiger partial charge < -0.3 is 15.0 Å². The molecule has 0 aromatic heterocycles. The monoisotopic (exact) mass is 272 g/mol. The molecule has 106 valence electrons. The molecule has 0 saturated carbocycles. The fourth-order valence-corrected chi connectivity index (χ4v) is 3.85. The highest BCUT2D eigenvalue weighted by atomic mass is 32.2. The molecule has 0 aromatic rings. The van der Waals surface area contributed by atoms with Gasteiger partial charge in [0.25, 0.3) is 0 Å². The molecule has 2 fully saturated rings. The summed E-state index contributed by atoms with van der Waals surface area (Å²) in [6.45, 7) is 10.2. The molecule has 2 heterocycles. The van der Waals surface area contributed by atoms with E-state index < -0.39 is 0 Å². The summed E-state index contributed by atoms with van der Waals surface area (Å²) in [5.41, 5.74) is 0.379. The van der Waals surface area contributed by atoms with Gasteiger partial charge in [0, 0.05) is 37.4 Å². The first-order chi connectivity index (χ1) is 8.85. The Kier molecular flexibility index (Phi) is 6.29. The van der Waals surface area contributed by atoms with Crippen LogP contribution >= 0.6 is 11.8 Å². The average molecular weight is 272 g/mol. The van der Waals surface area contributed by atoms with Gasteiger partial charge in [0.1, 0.15) is 0 Å². The summed E-state index contributed by atoms with van der Waals surface area (Å²) in [6.07, 6.45) is 3.80. The van der Waals surface area contributed by atoms with Gasteiger partial charge in [-0.15, -0.1) is 0 Å². The first-order valence-corrected chi connectivity index (χ1v) is 8.59. The first-order valence-electron chi connectivity index (χ1n) is 7.43. The zero-order chi connectivity index (χ0) is 12.7. The van der Waals surface area contributed by atoms with Crippen LogP contribution in [0, 0.1) is 5.41 Å². The van der Waals surface area contributed by atoms with Crippen molar-refractivity contribution in [2.75, 3.05) is 57.4 Å². The zero-order valence-electron chi connectivity index (χ0n) is 11.7. The predicted octanol–water partition coefficient (Wildman–Crippen LogP) is 1.83. The number of hydrogen-bond acceptors (Lipinski definition) is 4. The van der Waals surface area contributed by atoms with E-state index in [1.54, 1.807) is 0 Å². The Hall–Kier alpha value is 0.230. The van der Waals surface area contributed by atoms with E-state index in [0.717, 1.165) is 26.3 Å². The van der Waals surface area contributed by atoms with Crippen LogP contribution in [0.3, 0.4) is 0 Å². The Balaban J connectivity index is 1.83. The van der Waals surface area contributed by atoms with Crippen molar-refractivity contribution >= 4 is 11.8 Å². The minimum Gasteiger partial charge on any atom is -0.381 e. The molecular formula is C14H28N2OS. The number of nitrogens with zero attached hydrogens (tertiary/aromatic N) is 1. The maximum absolute atomic E-state index is 5.69. The van der Waals surface area contributed by atoms with E-state index in [0.29, 0.717) is 5.41 Å². The van der Waals surface area contributed by atoms with Gasteiger partial charge in [0.2, 0.25) is 0 Å². The maximum atomic E-state index is 5.69.